The Morgan fingerprint density at radius 3 is 2.63 bits per heavy atom. The maximum absolute atomic E-state index is 12.4. The highest BCUT2D eigenvalue weighted by atomic mass is 32.2. The van der Waals surface area contributed by atoms with Gasteiger partial charge in [0.15, 0.2) is 0 Å². The highest BCUT2D eigenvalue weighted by Crippen LogP contribution is 2.32. The van der Waals surface area contributed by atoms with E-state index in [1.54, 1.807) is 18.2 Å². The number of carbonyl (C=O) groups excluding carboxylic acids is 3. The molecule has 1 fully saturated rings. The molecule has 0 radical (unpaired) electrons. The number of aromatic carboxylic acids is 1. The number of nitrogens with zero attached hydrogens (tertiary/aromatic N) is 1. The number of amides is 2. The van der Waals surface area contributed by atoms with Crippen LogP contribution in [-0.2, 0) is 9.59 Å². The summed E-state index contributed by atoms with van der Waals surface area (Å²) in [5, 5.41) is 13.4. The van der Waals surface area contributed by atoms with E-state index in [1.165, 1.54) is 35.4 Å². The average molecular weight is 401 g/mol. The highest BCUT2D eigenvalue weighted by Gasteiger charge is 2.32. The Kier molecular flexibility index (Phi) is 5.72. The first-order valence-electron chi connectivity index (χ1n) is 7.84. The zero-order valence-electron chi connectivity index (χ0n) is 13.8. The van der Waals surface area contributed by atoms with Crippen molar-refractivity contribution in [2.24, 2.45) is 0 Å². The van der Waals surface area contributed by atoms with Crippen LogP contribution in [0, 0.1) is 0 Å². The van der Waals surface area contributed by atoms with E-state index in [4.69, 9.17) is 16.6 Å². The van der Waals surface area contributed by atoms with Crippen LogP contribution in [0.25, 0.3) is 6.08 Å². The van der Waals surface area contributed by atoms with E-state index in [0.29, 0.717) is 20.7 Å². The summed E-state index contributed by atoms with van der Waals surface area (Å²) in [4.78, 5) is 37.0. The molecule has 0 unspecified atom stereocenters. The van der Waals surface area contributed by atoms with Gasteiger partial charge >= 0.3 is 0 Å². The van der Waals surface area contributed by atoms with Gasteiger partial charge in [-0.1, -0.05) is 36.1 Å². The van der Waals surface area contributed by atoms with Crippen molar-refractivity contribution in [1.82, 2.24) is 4.90 Å². The summed E-state index contributed by atoms with van der Waals surface area (Å²) in [7, 11) is 0. The van der Waals surface area contributed by atoms with Crippen LogP contribution in [0.2, 0.25) is 0 Å². The molecular weight excluding hydrogens is 388 g/mol. The molecule has 0 atom stereocenters. The minimum atomic E-state index is -1.29. The summed E-state index contributed by atoms with van der Waals surface area (Å²) in [6.07, 6.45) is 3.16. The van der Waals surface area contributed by atoms with Crippen LogP contribution in [0.15, 0.2) is 52.0 Å². The van der Waals surface area contributed by atoms with Crippen molar-refractivity contribution in [2.45, 2.75) is 6.42 Å². The molecule has 1 aromatic carbocycles. The lowest BCUT2D eigenvalue weighted by Gasteiger charge is -2.14. The van der Waals surface area contributed by atoms with Gasteiger partial charge in [-0.15, -0.1) is 0 Å². The summed E-state index contributed by atoms with van der Waals surface area (Å²) >= 11 is 6.37. The fraction of sp³-hybridized carbons (Fsp3) is 0.111. The van der Waals surface area contributed by atoms with Crippen molar-refractivity contribution >= 4 is 57.8 Å². The molecule has 0 saturated carbocycles. The molecule has 2 aromatic rings. The van der Waals surface area contributed by atoms with Gasteiger partial charge in [0.05, 0.1) is 17.1 Å². The van der Waals surface area contributed by atoms with Gasteiger partial charge in [0.2, 0.25) is 5.91 Å². The second kappa shape index (κ2) is 8.19. The van der Waals surface area contributed by atoms with E-state index in [0.717, 1.165) is 11.8 Å². The van der Waals surface area contributed by atoms with Crippen LogP contribution in [0.1, 0.15) is 22.5 Å². The summed E-state index contributed by atoms with van der Waals surface area (Å²) in [6.45, 7) is 0.142. The largest absolute Gasteiger partial charge is 0.545 e. The van der Waals surface area contributed by atoms with E-state index in [9.17, 15) is 19.5 Å². The Bertz CT molecular complexity index is 920. The molecule has 3 rings (SSSR count). The average Bonchev–Trinajstić information content (AvgIpc) is 3.23. The number of carbonyl (C=O) groups is 3. The fourth-order valence-electron chi connectivity index (χ4n) is 2.32. The van der Waals surface area contributed by atoms with Gasteiger partial charge in [0.1, 0.15) is 10.1 Å². The van der Waals surface area contributed by atoms with Gasteiger partial charge in [0, 0.05) is 24.7 Å². The van der Waals surface area contributed by atoms with E-state index >= 15 is 0 Å². The van der Waals surface area contributed by atoms with E-state index < -0.39 is 5.97 Å². The van der Waals surface area contributed by atoms with Crippen molar-refractivity contribution in [3.8, 4) is 0 Å². The molecule has 0 aliphatic carbocycles. The number of furan rings is 1. The number of carboxylic acid groups (broad SMARTS) is 1. The summed E-state index contributed by atoms with van der Waals surface area (Å²) in [5.74, 6) is -1.33. The zero-order chi connectivity index (χ0) is 19.4. The molecule has 2 amide bonds. The number of rotatable bonds is 6. The van der Waals surface area contributed by atoms with Crippen LogP contribution in [0.4, 0.5) is 5.69 Å². The normalized spacial score (nSPS) is 15.4. The Morgan fingerprint density at radius 1 is 1.26 bits per heavy atom. The van der Waals surface area contributed by atoms with Gasteiger partial charge in [-0.25, -0.2) is 0 Å². The standard InChI is InChI=1S/C18H14N2O5S2/c21-15(19-12-5-3-11(4-6-12)17(23)24)7-8-20-16(22)14(27-18(20)26)10-13-2-1-9-25-13/h1-6,9-10H,7-8H2,(H,19,21)(H,23,24)/p-1/b14-10+. The Hall–Kier alpha value is -2.91. The topological polar surface area (TPSA) is 103 Å². The molecular formula is C18H13N2O5S2-. The number of carboxylic acids is 1. The van der Waals surface area contributed by atoms with Gasteiger partial charge in [0.25, 0.3) is 5.91 Å². The number of hydrogen-bond donors (Lipinski definition) is 1. The van der Waals surface area contributed by atoms with Crippen LogP contribution >= 0.6 is 24.0 Å². The highest BCUT2D eigenvalue weighted by molar-refractivity contribution is 8.26. The molecule has 27 heavy (non-hydrogen) atoms. The van der Waals surface area contributed by atoms with Crippen LogP contribution in [0.3, 0.4) is 0 Å². The third-order valence-electron chi connectivity index (χ3n) is 3.66. The lowest BCUT2D eigenvalue weighted by molar-refractivity contribution is -0.255. The smallest absolute Gasteiger partial charge is 0.266 e. The minimum Gasteiger partial charge on any atom is -0.545 e. The molecule has 1 aliphatic heterocycles. The third-order valence-corrected chi connectivity index (χ3v) is 5.03. The first-order valence-corrected chi connectivity index (χ1v) is 9.06. The minimum absolute atomic E-state index is 0.0221. The summed E-state index contributed by atoms with van der Waals surface area (Å²) in [6, 6.07) is 9.06. The van der Waals surface area contributed by atoms with Crippen molar-refractivity contribution in [2.75, 3.05) is 11.9 Å². The van der Waals surface area contributed by atoms with Crippen molar-refractivity contribution in [3.05, 3.63) is 58.9 Å². The van der Waals surface area contributed by atoms with Gasteiger partial charge in [-0.2, -0.15) is 0 Å². The predicted octanol–water partition coefficient (Wildman–Crippen LogP) is 1.87. The van der Waals surface area contributed by atoms with Gasteiger partial charge in [-0.3, -0.25) is 14.5 Å². The number of thiocarbonyl (C=S) groups is 1. The second-order valence-corrected chi connectivity index (χ2v) is 7.19. The summed E-state index contributed by atoms with van der Waals surface area (Å²) in [5.41, 5.74) is 0.474. The van der Waals surface area contributed by atoms with Crippen LogP contribution < -0.4 is 10.4 Å². The molecule has 2 heterocycles. The summed E-state index contributed by atoms with van der Waals surface area (Å²) < 4.78 is 5.57. The van der Waals surface area contributed by atoms with Gasteiger partial charge in [-0.05, 0) is 29.8 Å². The van der Waals surface area contributed by atoms with Crippen LogP contribution in [0.5, 0.6) is 0 Å². The first-order chi connectivity index (χ1) is 12.9. The third kappa shape index (κ3) is 4.63. The van der Waals surface area contributed by atoms with E-state index in [2.05, 4.69) is 5.32 Å². The van der Waals surface area contributed by atoms with Crippen molar-refractivity contribution < 1.29 is 23.9 Å². The maximum atomic E-state index is 12.4. The molecule has 1 aromatic heterocycles. The molecule has 1 N–H and O–H groups in total. The molecule has 0 bridgehead atoms. The quantitative estimate of drug-likeness (QED) is 0.582. The second-order valence-electron chi connectivity index (χ2n) is 5.51. The molecule has 0 spiro atoms. The zero-order valence-corrected chi connectivity index (χ0v) is 15.5. The first kappa shape index (κ1) is 18.9. The van der Waals surface area contributed by atoms with Crippen molar-refractivity contribution in [1.29, 1.82) is 0 Å². The molecule has 7 nitrogen and oxygen atoms in total. The van der Waals surface area contributed by atoms with Gasteiger partial charge < -0.3 is 19.6 Å². The van der Waals surface area contributed by atoms with Crippen LogP contribution in [-0.4, -0.2) is 33.5 Å². The lowest BCUT2D eigenvalue weighted by Crippen LogP contribution is -2.31. The number of benzene rings is 1. The predicted molar refractivity (Wildman–Crippen MR) is 103 cm³/mol. The molecule has 9 heteroatoms. The number of nitrogens with one attached hydrogen (secondary N) is 1. The number of anilines is 1. The maximum Gasteiger partial charge on any atom is 0.266 e. The Labute approximate surface area is 164 Å². The Morgan fingerprint density at radius 2 is 2.00 bits per heavy atom. The monoisotopic (exact) mass is 401 g/mol. The number of hydrogen-bond acceptors (Lipinski definition) is 7. The fourth-order valence-corrected chi connectivity index (χ4v) is 3.61. The van der Waals surface area contributed by atoms with E-state index in [-0.39, 0.29) is 30.3 Å². The molecule has 138 valence electrons. The van der Waals surface area contributed by atoms with E-state index in [1.807, 2.05) is 0 Å². The number of thioether (sulfide) groups is 1. The Balaban J connectivity index is 1.56. The lowest BCUT2D eigenvalue weighted by atomic mass is 10.2. The molecule has 1 saturated heterocycles. The SMILES string of the molecule is O=C(CCN1C(=O)/C(=C\c2ccco2)SC1=S)Nc1ccc(C(=O)[O-])cc1. The van der Waals surface area contributed by atoms with Crippen molar-refractivity contribution in [3.63, 3.8) is 0 Å². The molecule has 1 aliphatic rings.